The van der Waals surface area contributed by atoms with E-state index in [-0.39, 0.29) is 6.10 Å². The Hall–Kier alpha value is -2.47. The van der Waals surface area contributed by atoms with Crippen molar-refractivity contribution in [2.45, 2.75) is 31.9 Å². The van der Waals surface area contributed by atoms with Gasteiger partial charge in [0.15, 0.2) is 0 Å². The lowest BCUT2D eigenvalue weighted by molar-refractivity contribution is 0.00556. The summed E-state index contributed by atoms with van der Waals surface area (Å²) in [6.07, 6.45) is 7.27. The Bertz CT molecular complexity index is 859. The zero-order valence-corrected chi connectivity index (χ0v) is 13.9. The van der Waals surface area contributed by atoms with Crippen molar-refractivity contribution in [3.8, 4) is 0 Å². The summed E-state index contributed by atoms with van der Waals surface area (Å²) in [4.78, 5) is 13.1. The fourth-order valence-corrected chi connectivity index (χ4v) is 3.36. The van der Waals surface area contributed by atoms with E-state index in [1.165, 1.54) is 0 Å². The molecule has 4 rings (SSSR count). The molecule has 1 N–H and O–H groups in total. The lowest BCUT2D eigenvalue weighted by Gasteiger charge is -2.30. The van der Waals surface area contributed by atoms with E-state index in [1.54, 1.807) is 6.33 Å². The van der Waals surface area contributed by atoms with E-state index in [1.807, 2.05) is 24.1 Å². The van der Waals surface area contributed by atoms with Gasteiger partial charge in [0, 0.05) is 25.1 Å². The van der Waals surface area contributed by atoms with Crippen molar-refractivity contribution in [1.29, 1.82) is 0 Å². The minimum Gasteiger partial charge on any atom is -0.372 e. The first kappa shape index (κ1) is 15.1. The maximum absolute atomic E-state index is 5.94. The number of anilines is 1. The molecule has 0 saturated carbocycles. The number of benzene rings is 1. The lowest BCUT2D eigenvalue weighted by atomic mass is 10.0. The van der Waals surface area contributed by atoms with Gasteiger partial charge in [-0.05, 0) is 31.4 Å². The Kier molecular flexibility index (Phi) is 3.90. The minimum atomic E-state index is 0.0681. The zero-order valence-electron chi connectivity index (χ0n) is 13.9. The number of aromatic nitrogens is 4. The molecule has 1 aromatic carbocycles. The number of nitrogens with one attached hydrogen (secondary N) is 1. The number of hydrogen-bond donors (Lipinski definition) is 1. The summed E-state index contributed by atoms with van der Waals surface area (Å²) in [6.45, 7) is 2.81. The normalized spacial score (nSPS) is 21.1. The van der Waals surface area contributed by atoms with Crippen LogP contribution in [0.3, 0.4) is 0 Å². The molecule has 0 unspecified atom stereocenters. The first-order valence-electron chi connectivity index (χ1n) is 8.27. The Morgan fingerprint density at radius 1 is 1.29 bits per heavy atom. The number of imidazole rings is 1. The van der Waals surface area contributed by atoms with Gasteiger partial charge in [0.1, 0.15) is 18.2 Å². The van der Waals surface area contributed by atoms with E-state index in [4.69, 9.17) is 4.74 Å². The maximum atomic E-state index is 5.94. The molecule has 1 fully saturated rings. The molecule has 24 heavy (non-hydrogen) atoms. The number of aryl methyl sites for hydroxylation is 2. The first-order valence-corrected chi connectivity index (χ1v) is 8.27. The average Bonchev–Trinajstić information content (AvgIpc) is 3.02. The van der Waals surface area contributed by atoms with Crippen LogP contribution in [0.15, 0.2) is 37.1 Å². The maximum Gasteiger partial charge on any atom is 0.137 e. The molecule has 0 amide bonds. The van der Waals surface area contributed by atoms with E-state index in [0.717, 1.165) is 47.4 Å². The fraction of sp³-hybridized carbons (Fsp3) is 0.389. The van der Waals surface area contributed by atoms with Crippen LogP contribution in [-0.2, 0) is 11.8 Å². The summed E-state index contributed by atoms with van der Waals surface area (Å²) in [7, 11) is 2.00. The molecule has 2 atom stereocenters. The Labute approximate surface area is 140 Å². The molecule has 0 spiro atoms. The molecule has 6 nitrogen and oxygen atoms in total. The predicted octanol–water partition coefficient (Wildman–Crippen LogP) is 3.00. The molecule has 6 heteroatoms. The van der Waals surface area contributed by atoms with Gasteiger partial charge in [-0.2, -0.15) is 0 Å². The standard InChI is InChI=1S/C18H21N5O/c1-12-4-3-5-14-17(12)20-10-21-18(14)22-13-6-7-24-16(8-13)15-9-19-11-23(15)2/h3-5,9-11,13,16H,6-8H2,1-2H3,(H,20,21,22)/t13-,16+/m1/s1. The van der Waals surface area contributed by atoms with Gasteiger partial charge in [0.25, 0.3) is 0 Å². The molecule has 3 heterocycles. The summed E-state index contributed by atoms with van der Waals surface area (Å²) in [5, 5.41) is 4.67. The highest BCUT2D eigenvalue weighted by molar-refractivity contribution is 5.90. The van der Waals surface area contributed by atoms with Gasteiger partial charge in [-0.1, -0.05) is 12.1 Å². The summed E-state index contributed by atoms with van der Waals surface area (Å²) in [6, 6.07) is 6.51. The van der Waals surface area contributed by atoms with Crippen molar-refractivity contribution in [2.75, 3.05) is 11.9 Å². The number of fused-ring (bicyclic) bond motifs is 1. The number of para-hydroxylation sites is 1. The fourth-order valence-electron chi connectivity index (χ4n) is 3.36. The zero-order chi connectivity index (χ0) is 16.5. The molecule has 3 aromatic rings. The smallest absolute Gasteiger partial charge is 0.137 e. The van der Waals surface area contributed by atoms with Crippen LogP contribution >= 0.6 is 0 Å². The molecule has 2 aromatic heterocycles. The third-order valence-corrected chi connectivity index (χ3v) is 4.68. The van der Waals surface area contributed by atoms with Crippen LogP contribution in [-0.4, -0.2) is 32.2 Å². The molecular weight excluding hydrogens is 302 g/mol. The molecule has 1 aliphatic heterocycles. The minimum absolute atomic E-state index is 0.0681. The van der Waals surface area contributed by atoms with Crippen LogP contribution in [0, 0.1) is 6.92 Å². The van der Waals surface area contributed by atoms with Crippen LogP contribution < -0.4 is 5.32 Å². The highest BCUT2D eigenvalue weighted by Crippen LogP contribution is 2.30. The number of ether oxygens (including phenoxy) is 1. The number of hydrogen-bond acceptors (Lipinski definition) is 5. The summed E-state index contributed by atoms with van der Waals surface area (Å²) < 4.78 is 7.97. The van der Waals surface area contributed by atoms with Crippen molar-refractivity contribution in [3.05, 3.63) is 48.3 Å². The van der Waals surface area contributed by atoms with Crippen molar-refractivity contribution >= 4 is 16.7 Å². The van der Waals surface area contributed by atoms with Crippen molar-refractivity contribution in [2.24, 2.45) is 7.05 Å². The van der Waals surface area contributed by atoms with Crippen molar-refractivity contribution < 1.29 is 4.74 Å². The molecule has 0 radical (unpaired) electrons. The third kappa shape index (κ3) is 2.73. The van der Waals surface area contributed by atoms with Gasteiger partial charge in [-0.25, -0.2) is 15.0 Å². The second-order valence-corrected chi connectivity index (χ2v) is 6.35. The largest absolute Gasteiger partial charge is 0.372 e. The van der Waals surface area contributed by atoms with E-state index in [9.17, 15) is 0 Å². The monoisotopic (exact) mass is 323 g/mol. The van der Waals surface area contributed by atoms with Gasteiger partial charge in [-0.15, -0.1) is 0 Å². The Balaban J connectivity index is 1.57. The highest BCUT2D eigenvalue weighted by Gasteiger charge is 2.26. The Morgan fingerprint density at radius 2 is 2.21 bits per heavy atom. The summed E-state index contributed by atoms with van der Waals surface area (Å²) >= 11 is 0. The summed E-state index contributed by atoms with van der Waals surface area (Å²) in [5.74, 6) is 0.902. The molecule has 1 aliphatic rings. The third-order valence-electron chi connectivity index (χ3n) is 4.68. The van der Waals surface area contributed by atoms with Gasteiger partial charge in [0.2, 0.25) is 0 Å². The lowest BCUT2D eigenvalue weighted by Crippen LogP contribution is -2.31. The van der Waals surface area contributed by atoms with E-state index >= 15 is 0 Å². The SMILES string of the molecule is Cc1cccc2c(N[C@@H]3CCO[C@H](c4cncn4C)C3)ncnc12. The van der Waals surface area contributed by atoms with Crippen molar-refractivity contribution in [1.82, 2.24) is 19.5 Å². The number of nitrogens with zero attached hydrogens (tertiary/aromatic N) is 4. The molecular formula is C18H21N5O. The first-order chi connectivity index (χ1) is 11.7. The van der Waals surface area contributed by atoms with Crippen molar-refractivity contribution in [3.63, 3.8) is 0 Å². The second-order valence-electron chi connectivity index (χ2n) is 6.35. The Morgan fingerprint density at radius 3 is 3.04 bits per heavy atom. The topological polar surface area (TPSA) is 64.9 Å². The van der Waals surface area contributed by atoms with Gasteiger partial charge >= 0.3 is 0 Å². The van der Waals surface area contributed by atoms with Crippen LogP contribution in [0.25, 0.3) is 10.9 Å². The van der Waals surface area contributed by atoms with Crippen LogP contribution in [0.4, 0.5) is 5.82 Å². The van der Waals surface area contributed by atoms with Crippen LogP contribution in [0.2, 0.25) is 0 Å². The van der Waals surface area contributed by atoms with Gasteiger partial charge < -0.3 is 14.6 Å². The molecule has 1 saturated heterocycles. The van der Waals surface area contributed by atoms with E-state index in [0.29, 0.717) is 6.04 Å². The van der Waals surface area contributed by atoms with Crippen LogP contribution in [0.5, 0.6) is 0 Å². The predicted molar refractivity (Wildman–Crippen MR) is 92.8 cm³/mol. The highest BCUT2D eigenvalue weighted by atomic mass is 16.5. The average molecular weight is 323 g/mol. The van der Waals surface area contributed by atoms with Gasteiger partial charge in [0.05, 0.1) is 23.7 Å². The quantitative estimate of drug-likeness (QED) is 0.802. The molecule has 124 valence electrons. The molecule has 0 aliphatic carbocycles. The second kappa shape index (κ2) is 6.20. The van der Waals surface area contributed by atoms with Crippen LogP contribution in [0.1, 0.15) is 30.2 Å². The molecule has 0 bridgehead atoms. The van der Waals surface area contributed by atoms with E-state index in [2.05, 4.69) is 45.4 Å². The van der Waals surface area contributed by atoms with Gasteiger partial charge in [-0.3, -0.25) is 0 Å². The number of rotatable bonds is 3. The summed E-state index contributed by atoms with van der Waals surface area (Å²) in [5.41, 5.74) is 3.29. The van der Waals surface area contributed by atoms with E-state index < -0.39 is 0 Å².